The smallest absolute Gasteiger partial charge is 0.311 e. The standard InChI is InChI=1S/C12H18N2O4/c1-3-6-13-8-10-4-5-12(18-9-17-2)11(7-10)14(15)16/h4-5,7,13H,3,6,8-9H2,1-2H3. The number of methoxy groups -OCH3 is 1. The van der Waals surface area contributed by atoms with Crippen LogP contribution in [0.5, 0.6) is 5.75 Å². The van der Waals surface area contributed by atoms with Crippen LogP contribution in [0.25, 0.3) is 0 Å². The first-order chi connectivity index (χ1) is 8.69. The van der Waals surface area contributed by atoms with E-state index in [9.17, 15) is 10.1 Å². The second-order valence-electron chi connectivity index (χ2n) is 3.79. The molecule has 0 aromatic heterocycles. The highest BCUT2D eigenvalue weighted by Crippen LogP contribution is 2.27. The van der Waals surface area contributed by atoms with Gasteiger partial charge in [0.1, 0.15) is 0 Å². The molecule has 0 radical (unpaired) electrons. The number of nitrogens with one attached hydrogen (secondary N) is 1. The van der Waals surface area contributed by atoms with E-state index >= 15 is 0 Å². The summed E-state index contributed by atoms with van der Waals surface area (Å²) < 4.78 is 9.88. The largest absolute Gasteiger partial charge is 0.460 e. The first-order valence-electron chi connectivity index (χ1n) is 5.78. The van der Waals surface area contributed by atoms with Gasteiger partial charge in [-0.2, -0.15) is 0 Å². The van der Waals surface area contributed by atoms with E-state index < -0.39 is 4.92 Å². The Bertz CT molecular complexity index is 396. The van der Waals surface area contributed by atoms with Crippen LogP contribution in [-0.4, -0.2) is 25.4 Å². The van der Waals surface area contributed by atoms with E-state index in [0.29, 0.717) is 6.54 Å². The Hall–Kier alpha value is -1.66. The normalized spacial score (nSPS) is 10.3. The van der Waals surface area contributed by atoms with Gasteiger partial charge in [0, 0.05) is 19.7 Å². The quantitative estimate of drug-likeness (QED) is 0.333. The van der Waals surface area contributed by atoms with Gasteiger partial charge in [-0.3, -0.25) is 10.1 Å². The molecule has 0 aliphatic rings. The third-order valence-corrected chi connectivity index (χ3v) is 2.31. The predicted molar refractivity (Wildman–Crippen MR) is 67.6 cm³/mol. The summed E-state index contributed by atoms with van der Waals surface area (Å²) in [4.78, 5) is 10.5. The maximum absolute atomic E-state index is 10.9. The predicted octanol–water partition coefficient (Wildman–Crippen LogP) is 2.08. The highest BCUT2D eigenvalue weighted by atomic mass is 16.7. The molecule has 0 saturated heterocycles. The molecule has 0 bridgehead atoms. The highest BCUT2D eigenvalue weighted by Gasteiger charge is 2.15. The van der Waals surface area contributed by atoms with Crippen molar-refractivity contribution in [3.05, 3.63) is 33.9 Å². The Morgan fingerprint density at radius 2 is 2.22 bits per heavy atom. The van der Waals surface area contributed by atoms with Gasteiger partial charge in [0.2, 0.25) is 0 Å². The van der Waals surface area contributed by atoms with Crippen LogP contribution < -0.4 is 10.1 Å². The van der Waals surface area contributed by atoms with Crippen molar-refractivity contribution in [3.8, 4) is 5.75 Å². The average Bonchev–Trinajstić information content (AvgIpc) is 2.37. The van der Waals surface area contributed by atoms with Gasteiger partial charge in [0.25, 0.3) is 0 Å². The fourth-order valence-electron chi connectivity index (χ4n) is 1.47. The molecule has 0 atom stereocenters. The Kier molecular flexibility index (Phi) is 6.10. The van der Waals surface area contributed by atoms with Crippen molar-refractivity contribution in [1.82, 2.24) is 5.32 Å². The lowest BCUT2D eigenvalue weighted by Gasteiger charge is -2.08. The lowest BCUT2D eigenvalue weighted by atomic mass is 10.2. The molecule has 18 heavy (non-hydrogen) atoms. The van der Waals surface area contributed by atoms with Gasteiger partial charge in [-0.15, -0.1) is 0 Å². The lowest BCUT2D eigenvalue weighted by Crippen LogP contribution is -2.14. The van der Waals surface area contributed by atoms with Crippen molar-refractivity contribution < 1.29 is 14.4 Å². The van der Waals surface area contributed by atoms with Crippen LogP contribution in [0.1, 0.15) is 18.9 Å². The summed E-state index contributed by atoms with van der Waals surface area (Å²) in [5.41, 5.74) is 0.822. The van der Waals surface area contributed by atoms with Crippen LogP contribution >= 0.6 is 0 Å². The van der Waals surface area contributed by atoms with Gasteiger partial charge in [0.05, 0.1) is 4.92 Å². The molecule has 0 spiro atoms. The fraction of sp³-hybridized carbons (Fsp3) is 0.500. The third kappa shape index (κ3) is 4.31. The van der Waals surface area contributed by atoms with Crippen LogP contribution in [0.2, 0.25) is 0 Å². The van der Waals surface area contributed by atoms with E-state index in [1.54, 1.807) is 12.1 Å². The zero-order chi connectivity index (χ0) is 13.4. The van der Waals surface area contributed by atoms with E-state index in [2.05, 4.69) is 12.2 Å². The minimum absolute atomic E-state index is 0.00568. The Labute approximate surface area is 106 Å². The maximum Gasteiger partial charge on any atom is 0.311 e. The molecule has 6 heteroatoms. The van der Waals surface area contributed by atoms with Crippen LogP contribution in [0.4, 0.5) is 5.69 Å². The molecule has 0 fully saturated rings. The molecule has 1 N–H and O–H groups in total. The molecule has 0 heterocycles. The van der Waals surface area contributed by atoms with Gasteiger partial charge in [-0.05, 0) is 24.6 Å². The molecule has 6 nitrogen and oxygen atoms in total. The van der Waals surface area contributed by atoms with E-state index in [4.69, 9.17) is 9.47 Å². The Balaban J connectivity index is 2.78. The lowest BCUT2D eigenvalue weighted by molar-refractivity contribution is -0.386. The van der Waals surface area contributed by atoms with Crippen molar-refractivity contribution >= 4 is 5.69 Å². The van der Waals surface area contributed by atoms with Gasteiger partial charge >= 0.3 is 5.69 Å². The average molecular weight is 254 g/mol. The maximum atomic E-state index is 10.9. The second-order valence-corrected chi connectivity index (χ2v) is 3.79. The van der Waals surface area contributed by atoms with E-state index in [1.807, 2.05) is 0 Å². The van der Waals surface area contributed by atoms with Crippen molar-refractivity contribution in [1.29, 1.82) is 0 Å². The number of ether oxygens (including phenoxy) is 2. The first kappa shape index (κ1) is 14.4. The van der Waals surface area contributed by atoms with E-state index in [0.717, 1.165) is 18.5 Å². The Morgan fingerprint density at radius 1 is 1.44 bits per heavy atom. The highest BCUT2D eigenvalue weighted by molar-refractivity contribution is 5.48. The topological polar surface area (TPSA) is 73.6 Å². The number of hydrogen-bond donors (Lipinski definition) is 1. The molecule has 0 aliphatic carbocycles. The summed E-state index contributed by atoms with van der Waals surface area (Å²) in [6.07, 6.45) is 1.02. The van der Waals surface area contributed by atoms with Crippen molar-refractivity contribution in [3.63, 3.8) is 0 Å². The number of nitrogens with zero attached hydrogens (tertiary/aromatic N) is 1. The van der Waals surface area contributed by atoms with Crippen LogP contribution in [-0.2, 0) is 11.3 Å². The molecule has 0 amide bonds. The van der Waals surface area contributed by atoms with Crippen LogP contribution in [0.3, 0.4) is 0 Å². The van der Waals surface area contributed by atoms with Crippen molar-refractivity contribution in [2.24, 2.45) is 0 Å². The van der Waals surface area contributed by atoms with Crippen LogP contribution in [0.15, 0.2) is 18.2 Å². The number of rotatable bonds is 8. The third-order valence-electron chi connectivity index (χ3n) is 2.31. The number of hydrogen-bond acceptors (Lipinski definition) is 5. The molecule has 100 valence electrons. The molecule has 1 aromatic carbocycles. The van der Waals surface area contributed by atoms with Crippen molar-refractivity contribution in [2.45, 2.75) is 19.9 Å². The fourth-order valence-corrected chi connectivity index (χ4v) is 1.47. The minimum Gasteiger partial charge on any atom is -0.460 e. The minimum atomic E-state index is -0.450. The molecular formula is C12H18N2O4. The number of nitro benzene ring substituents is 1. The van der Waals surface area contributed by atoms with Crippen LogP contribution in [0, 0.1) is 10.1 Å². The zero-order valence-corrected chi connectivity index (χ0v) is 10.6. The SMILES string of the molecule is CCCNCc1ccc(OCOC)c([N+](=O)[O-])c1. The summed E-state index contributed by atoms with van der Waals surface area (Å²) in [5.74, 6) is 0.223. The monoisotopic (exact) mass is 254 g/mol. The molecule has 1 aromatic rings. The molecule has 1 rings (SSSR count). The van der Waals surface area contributed by atoms with E-state index in [1.165, 1.54) is 13.2 Å². The second kappa shape index (κ2) is 7.62. The number of nitro groups is 1. The summed E-state index contributed by atoms with van der Waals surface area (Å²) in [7, 11) is 1.47. The molecular weight excluding hydrogens is 236 g/mol. The zero-order valence-electron chi connectivity index (χ0n) is 10.6. The summed E-state index contributed by atoms with van der Waals surface area (Å²) >= 11 is 0. The van der Waals surface area contributed by atoms with Gasteiger partial charge in [-0.25, -0.2) is 0 Å². The first-order valence-corrected chi connectivity index (χ1v) is 5.78. The van der Waals surface area contributed by atoms with Gasteiger partial charge < -0.3 is 14.8 Å². The van der Waals surface area contributed by atoms with Crippen molar-refractivity contribution in [2.75, 3.05) is 20.4 Å². The summed E-state index contributed by atoms with van der Waals surface area (Å²) in [5, 5.41) is 14.1. The Morgan fingerprint density at radius 3 is 2.83 bits per heavy atom. The number of benzene rings is 1. The van der Waals surface area contributed by atoms with E-state index in [-0.39, 0.29) is 18.2 Å². The molecule has 0 aliphatic heterocycles. The van der Waals surface area contributed by atoms with Gasteiger partial charge in [0.15, 0.2) is 12.5 Å². The van der Waals surface area contributed by atoms with Gasteiger partial charge in [-0.1, -0.05) is 13.0 Å². The summed E-state index contributed by atoms with van der Waals surface area (Å²) in [6.45, 7) is 3.56. The molecule has 0 unspecified atom stereocenters. The summed E-state index contributed by atoms with van der Waals surface area (Å²) in [6, 6.07) is 4.93. The molecule has 0 saturated carbocycles.